The molecule has 2 rings (SSSR count). The van der Waals surface area contributed by atoms with Crippen LogP contribution < -0.4 is 10.1 Å². The van der Waals surface area contributed by atoms with Gasteiger partial charge in [-0.05, 0) is 58.4 Å². The molecule has 106 valence electrons. The minimum atomic E-state index is -0.266. The molecule has 1 atom stereocenters. The topological polar surface area (TPSA) is 21.3 Å². The van der Waals surface area contributed by atoms with Crippen LogP contribution in [0.5, 0.6) is 5.75 Å². The lowest BCUT2D eigenvalue weighted by molar-refractivity contribution is 0.414. The first-order valence-electron chi connectivity index (χ1n) is 6.02. The Morgan fingerprint density at radius 3 is 2.40 bits per heavy atom. The lowest BCUT2D eigenvalue weighted by Crippen LogP contribution is -2.18. The number of halogens is 3. The van der Waals surface area contributed by atoms with Crippen molar-refractivity contribution in [1.82, 2.24) is 5.32 Å². The van der Waals surface area contributed by atoms with Crippen LogP contribution in [0.15, 0.2) is 45.3 Å². The van der Waals surface area contributed by atoms with Gasteiger partial charge >= 0.3 is 0 Å². The molecule has 0 aromatic heterocycles. The van der Waals surface area contributed by atoms with Crippen LogP contribution in [0, 0.1) is 5.82 Å². The Bertz CT molecular complexity index is 619. The summed E-state index contributed by atoms with van der Waals surface area (Å²) in [5.74, 6) is 0.521. The van der Waals surface area contributed by atoms with Gasteiger partial charge in [0.2, 0.25) is 0 Å². The summed E-state index contributed by atoms with van der Waals surface area (Å²) in [5.41, 5.74) is 2.04. The van der Waals surface area contributed by atoms with Crippen LogP contribution in [0.2, 0.25) is 0 Å². The summed E-state index contributed by atoms with van der Waals surface area (Å²) in [6.07, 6.45) is 0. The van der Waals surface area contributed by atoms with Crippen LogP contribution in [-0.4, -0.2) is 14.2 Å². The number of methoxy groups -OCH3 is 1. The van der Waals surface area contributed by atoms with Crippen LogP contribution in [0.3, 0.4) is 0 Å². The molecule has 5 heteroatoms. The summed E-state index contributed by atoms with van der Waals surface area (Å²) in [6.45, 7) is 0. The standard InChI is InChI=1S/C15H14Br2FNO/c1-19-15(9-3-6-14(18)13(17)7-9)11-5-4-10(20-2)8-12(11)16/h3-8,15,19H,1-2H3. The Morgan fingerprint density at radius 2 is 1.85 bits per heavy atom. The third-order valence-electron chi connectivity index (χ3n) is 3.08. The van der Waals surface area contributed by atoms with Crippen molar-refractivity contribution in [2.45, 2.75) is 6.04 Å². The van der Waals surface area contributed by atoms with E-state index >= 15 is 0 Å². The molecule has 0 spiro atoms. The lowest BCUT2D eigenvalue weighted by atomic mass is 9.99. The van der Waals surface area contributed by atoms with Gasteiger partial charge < -0.3 is 10.1 Å². The first-order valence-corrected chi connectivity index (χ1v) is 7.61. The maximum atomic E-state index is 13.4. The van der Waals surface area contributed by atoms with Crippen molar-refractivity contribution in [3.63, 3.8) is 0 Å². The quantitative estimate of drug-likeness (QED) is 0.802. The fraction of sp³-hybridized carbons (Fsp3) is 0.200. The van der Waals surface area contributed by atoms with Crippen molar-refractivity contribution in [3.05, 3.63) is 62.3 Å². The molecule has 0 fully saturated rings. The average Bonchev–Trinajstić information content (AvgIpc) is 2.45. The Hall–Kier alpha value is -0.910. The van der Waals surface area contributed by atoms with Crippen molar-refractivity contribution < 1.29 is 9.13 Å². The van der Waals surface area contributed by atoms with Crippen molar-refractivity contribution in [2.24, 2.45) is 0 Å². The number of benzene rings is 2. The maximum Gasteiger partial charge on any atom is 0.137 e. The van der Waals surface area contributed by atoms with Gasteiger partial charge in [0, 0.05) is 4.47 Å². The molecule has 2 aromatic carbocycles. The predicted octanol–water partition coefficient (Wildman–Crippen LogP) is 4.67. The van der Waals surface area contributed by atoms with E-state index < -0.39 is 0 Å². The summed E-state index contributed by atoms with van der Waals surface area (Å²) in [5, 5.41) is 3.25. The van der Waals surface area contributed by atoms with Crippen LogP contribution in [0.25, 0.3) is 0 Å². The second kappa shape index (κ2) is 6.70. The largest absolute Gasteiger partial charge is 0.497 e. The highest BCUT2D eigenvalue weighted by atomic mass is 79.9. The Balaban J connectivity index is 2.43. The third-order valence-corrected chi connectivity index (χ3v) is 4.38. The molecule has 1 unspecified atom stereocenters. The average molecular weight is 403 g/mol. The van der Waals surface area contributed by atoms with Gasteiger partial charge in [0.05, 0.1) is 17.6 Å². The molecule has 2 aromatic rings. The summed E-state index contributed by atoms with van der Waals surface area (Å²) in [7, 11) is 3.51. The van der Waals surface area contributed by atoms with Gasteiger partial charge in [0.1, 0.15) is 11.6 Å². The normalized spacial score (nSPS) is 12.2. The predicted molar refractivity (Wildman–Crippen MR) is 85.7 cm³/mol. The molecule has 20 heavy (non-hydrogen) atoms. The van der Waals surface area contributed by atoms with E-state index in [0.717, 1.165) is 21.3 Å². The van der Waals surface area contributed by atoms with Gasteiger partial charge in [-0.3, -0.25) is 0 Å². The lowest BCUT2D eigenvalue weighted by Gasteiger charge is -2.19. The molecule has 1 N–H and O–H groups in total. The fourth-order valence-corrected chi connectivity index (χ4v) is 3.05. The Labute approximate surface area is 134 Å². The van der Waals surface area contributed by atoms with Crippen LogP contribution in [0.4, 0.5) is 4.39 Å². The molecular weight excluding hydrogens is 389 g/mol. The van der Waals surface area contributed by atoms with E-state index in [0.29, 0.717) is 4.47 Å². The molecule has 0 radical (unpaired) electrons. The van der Waals surface area contributed by atoms with Crippen LogP contribution in [-0.2, 0) is 0 Å². The summed E-state index contributed by atoms with van der Waals surface area (Å²) in [4.78, 5) is 0. The summed E-state index contributed by atoms with van der Waals surface area (Å²) in [6, 6.07) is 10.8. The second-order valence-electron chi connectivity index (χ2n) is 4.28. The SMILES string of the molecule is CNC(c1ccc(F)c(Br)c1)c1ccc(OC)cc1Br. The first-order chi connectivity index (χ1) is 9.56. The van der Waals surface area contributed by atoms with E-state index in [1.807, 2.05) is 25.2 Å². The zero-order valence-electron chi connectivity index (χ0n) is 11.1. The highest BCUT2D eigenvalue weighted by molar-refractivity contribution is 9.10. The third kappa shape index (κ3) is 3.22. The molecule has 0 aliphatic rings. The number of rotatable bonds is 4. The molecule has 0 heterocycles. The zero-order valence-corrected chi connectivity index (χ0v) is 14.3. The van der Waals surface area contributed by atoms with Crippen molar-refractivity contribution in [2.75, 3.05) is 14.2 Å². The van der Waals surface area contributed by atoms with Crippen molar-refractivity contribution in [3.8, 4) is 5.75 Å². The Morgan fingerprint density at radius 1 is 1.10 bits per heavy atom. The molecule has 0 saturated carbocycles. The van der Waals surface area contributed by atoms with Gasteiger partial charge in [0.15, 0.2) is 0 Å². The monoisotopic (exact) mass is 401 g/mol. The van der Waals surface area contributed by atoms with E-state index in [1.165, 1.54) is 6.07 Å². The van der Waals surface area contributed by atoms with E-state index in [-0.39, 0.29) is 11.9 Å². The van der Waals surface area contributed by atoms with E-state index in [2.05, 4.69) is 37.2 Å². The van der Waals surface area contributed by atoms with Gasteiger partial charge in [-0.15, -0.1) is 0 Å². The molecule has 0 aliphatic carbocycles. The summed E-state index contributed by atoms with van der Waals surface area (Å²) < 4.78 is 19.9. The zero-order chi connectivity index (χ0) is 14.7. The van der Waals surface area contributed by atoms with E-state index in [4.69, 9.17) is 4.74 Å². The van der Waals surface area contributed by atoms with Gasteiger partial charge in [-0.1, -0.05) is 28.1 Å². The molecule has 2 nitrogen and oxygen atoms in total. The minimum Gasteiger partial charge on any atom is -0.497 e. The first kappa shape index (κ1) is 15.5. The van der Waals surface area contributed by atoms with Gasteiger partial charge in [-0.25, -0.2) is 4.39 Å². The smallest absolute Gasteiger partial charge is 0.137 e. The highest BCUT2D eigenvalue weighted by Crippen LogP contribution is 2.32. The fourth-order valence-electron chi connectivity index (χ4n) is 2.06. The van der Waals surface area contributed by atoms with Crippen LogP contribution >= 0.6 is 31.9 Å². The molecule has 0 amide bonds. The van der Waals surface area contributed by atoms with Gasteiger partial charge in [-0.2, -0.15) is 0 Å². The highest BCUT2D eigenvalue weighted by Gasteiger charge is 2.16. The van der Waals surface area contributed by atoms with Crippen molar-refractivity contribution in [1.29, 1.82) is 0 Å². The number of ether oxygens (including phenoxy) is 1. The van der Waals surface area contributed by atoms with E-state index in [9.17, 15) is 4.39 Å². The Kier molecular flexibility index (Phi) is 5.18. The number of nitrogens with one attached hydrogen (secondary N) is 1. The summed E-state index contributed by atoms with van der Waals surface area (Å²) >= 11 is 6.78. The van der Waals surface area contributed by atoms with Crippen LogP contribution in [0.1, 0.15) is 17.2 Å². The second-order valence-corrected chi connectivity index (χ2v) is 5.99. The molecule has 0 aliphatic heterocycles. The molecular formula is C15H14Br2FNO. The van der Waals surface area contributed by atoms with E-state index in [1.54, 1.807) is 19.2 Å². The number of hydrogen-bond donors (Lipinski definition) is 1. The van der Waals surface area contributed by atoms with Gasteiger partial charge in [0.25, 0.3) is 0 Å². The maximum absolute atomic E-state index is 13.4. The minimum absolute atomic E-state index is 0.0350. The molecule has 0 bridgehead atoms. The van der Waals surface area contributed by atoms with Crippen molar-refractivity contribution >= 4 is 31.9 Å². The molecule has 0 saturated heterocycles. The number of hydrogen-bond acceptors (Lipinski definition) is 2.